The van der Waals surface area contributed by atoms with Crippen molar-refractivity contribution in [1.29, 1.82) is 5.26 Å². The lowest BCUT2D eigenvalue weighted by Gasteiger charge is -2.13. The van der Waals surface area contributed by atoms with Crippen LogP contribution in [0.4, 0.5) is 0 Å². The molecular formula is C24H20BrIN2O2. The van der Waals surface area contributed by atoms with Crippen molar-refractivity contribution in [2.75, 3.05) is 0 Å². The molecule has 0 saturated carbocycles. The van der Waals surface area contributed by atoms with Gasteiger partial charge in [-0.25, -0.2) is 0 Å². The zero-order chi connectivity index (χ0) is 21.7. The number of nitrogens with one attached hydrogen (secondary N) is 1. The molecule has 0 aliphatic carbocycles. The molecule has 0 aliphatic heterocycles. The van der Waals surface area contributed by atoms with E-state index in [0.717, 1.165) is 24.9 Å². The molecule has 0 radical (unpaired) electrons. The van der Waals surface area contributed by atoms with Gasteiger partial charge in [-0.2, -0.15) is 5.26 Å². The Morgan fingerprint density at radius 1 is 1.23 bits per heavy atom. The fraction of sp³-hybridized carbons (Fsp3) is 0.167. The van der Waals surface area contributed by atoms with E-state index in [0.29, 0.717) is 6.61 Å². The molecule has 30 heavy (non-hydrogen) atoms. The van der Waals surface area contributed by atoms with Gasteiger partial charge in [0.05, 0.1) is 8.04 Å². The molecular weight excluding hydrogens is 555 g/mol. The Hall–Kier alpha value is -2.37. The SMILES string of the molecule is CC(C)NC(=O)/C(C#N)=C\c1cc(Br)c(OCc2cccc3ccccc23)c(I)c1. The molecule has 0 aliphatic rings. The van der Waals surface area contributed by atoms with E-state index in [1.54, 1.807) is 6.08 Å². The van der Waals surface area contributed by atoms with Crippen molar-refractivity contribution in [2.45, 2.75) is 26.5 Å². The first kappa shape index (κ1) is 22.3. The molecule has 1 N–H and O–H groups in total. The molecule has 1 amide bonds. The number of benzene rings is 3. The summed E-state index contributed by atoms with van der Waals surface area (Å²) < 4.78 is 7.78. The topological polar surface area (TPSA) is 62.1 Å². The Morgan fingerprint density at radius 2 is 1.97 bits per heavy atom. The van der Waals surface area contributed by atoms with Crippen LogP contribution in [0.1, 0.15) is 25.0 Å². The third-order valence-corrected chi connectivity index (χ3v) is 5.76. The highest BCUT2D eigenvalue weighted by Crippen LogP contribution is 2.34. The first-order chi connectivity index (χ1) is 14.4. The van der Waals surface area contributed by atoms with E-state index in [9.17, 15) is 10.1 Å². The number of amides is 1. The summed E-state index contributed by atoms with van der Waals surface area (Å²) in [7, 11) is 0. The maximum absolute atomic E-state index is 12.2. The first-order valence-electron chi connectivity index (χ1n) is 9.40. The van der Waals surface area contributed by atoms with Gasteiger partial charge in [0.1, 0.15) is 24.0 Å². The molecule has 0 aromatic heterocycles. The molecule has 0 spiro atoms. The summed E-state index contributed by atoms with van der Waals surface area (Å²) in [5.74, 6) is 0.348. The van der Waals surface area contributed by atoms with Crippen LogP contribution in [0.25, 0.3) is 16.8 Å². The molecule has 6 heteroatoms. The van der Waals surface area contributed by atoms with Crippen LogP contribution in [-0.2, 0) is 11.4 Å². The van der Waals surface area contributed by atoms with E-state index in [-0.39, 0.29) is 17.5 Å². The highest BCUT2D eigenvalue weighted by molar-refractivity contribution is 14.1. The Kier molecular flexibility index (Phi) is 7.51. The molecule has 152 valence electrons. The summed E-state index contributed by atoms with van der Waals surface area (Å²) in [5, 5.41) is 14.4. The summed E-state index contributed by atoms with van der Waals surface area (Å²) in [5.41, 5.74) is 1.92. The van der Waals surface area contributed by atoms with Crippen molar-refractivity contribution in [3.05, 3.63) is 79.3 Å². The van der Waals surface area contributed by atoms with Crippen LogP contribution >= 0.6 is 38.5 Å². The van der Waals surface area contributed by atoms with Crippen LogP contribution in [-0.4, -0.2) is 11.9 Å². The van der Waals surface area contributed by atoms with Gasteiger partial charge in [0.25, 0.3) is 5.91 Å². The fourth-order valence-electron chi connectivity index (χ4n) is 3.02. The van der Waals surface area contributed by atoms with E-state index < -0.39 is 0 Å². The predicted octanol–water partition coefficient (Wildman–Crippen LogP) is 6.22. The van der Waals surface area contributed by atoms with Gasteiger partial charge in [0, 0.05) is 6.04 Å². The molecule has 0 unspecified atom stereocenters. The normalized spacial score (nSPS) is 11.4. The van der Waals surface area contributed by atoms with Crippen LogP contribution in [0.5, 0.6) is 5.75 Å². The summed E-state index contributed by atoms with van der Waals surface area (Å²) >= 11 is 5.77. The van der Waals surface area contributed by atoms with Gasteiger partial charge in [-0.05, 0) is 92.5 Å². The van der Waals surface area contributed by atoms with Crippen LogP contribution in [0, 0.1) is 14.9 Å². The molecule has 3 aromatic carbocycles. The Morgan fingerprint density at radius 3 is 2.67 bits per heavy atom. The number of nitrogens with zero attached hydrogens (tertiary/aromatic N) is 1. The molecule has 0 saturated heterocycles. The number of hydrogen-bond acceptors (Lipinski definition) is 3. The van der Waals surface area contributed by atoms with Crippen molar-refractivity contribution in [3.63, 3.8) is 0 Å². The van der Waals surface area contributed by atoms with E-state index in [4.69, 9.17) is 4.74 Å². The summed E-state index contributed by atoms with van der Waals surface area (Å²) in [6.07, 6.45) is 1.58. The zero-order valence-corrected chi connectivity index (χ0v) is 20.3. The Balaban J connectivity index is 1.83. The zero-order valence-electron chi connectivity index (χ0n) is 16.6. The van der Waals surface area contributed by atoms with Crippen molar-refractivity contribution in [2.24, 2.45) is 0 Å². The molecule has 0 bridgehead atoms. The predicted molar refractivity (Wildman–Crippen MR) is 132 cm³/mol. The average molecular weight is 575 g/mol. The summed E-state index contributed by atoms with van der Waals surface area (Å²) in [6, 6.07) is 20.1. The molecule has 0 heterocycles. The van der Waals surface area contributed by atoms with Gasteiger partial charge in [-0.3, -0.25) is 4.79 Å². The smallest absolute Gasteiger partial charge is 0.262 e. The number of nitriles is 1. The largest absolute Gasteiger partial charge is 0.487 e. The van der Waals surface area contributed by atoms with Crippen molar-refractivity contribution in [1.82, 2.24) is 5.32 Å². The number of ether oxygens (including phenoxy) is 1. The van der Waals surface area contributed by atoms with Crippen LogP contribution in [0.3, 0.4) is 0 Å². The summed E-state index contributed by atoms with van der Waals surface area (Å²) in [6.45, 7) is 4.15. The second-order valence-electron chi connectivity index (χ2n) is 7.04. The minimum absolute atomic E-state index is 0.0361. The number of fused-ring (bicyclic) bond motifs is 1. The van der Waals surface area contributed by atoms with Crippen LogP contribution < -0.4 is 10.1 Å². The summed E-state index contributed by atoms with van der Waals surface area (Å²) in [4.78, 5) is 12.2. The molecule has 4 nitrogen and oxygen atoms in total. The Bertz CT molecular complexity index is 1140. The number of rotatable bonds is 6. The number of hydrogen-bond donors (Lipinski definition) is 1. The van der Waals surface area contributed by atoms with Gasteiger partial charge in [-0.15, -0.1) is 0 Å². The van der Waals surface area contributed by atoms with Gasteiger partial charge in [0.15, 0.2) is 0 Å². The maximum atomic E-state index is 12.2. The third-order valence-electron chi connectivity index (χ3n) is 4.37. The third kappa shape index (κ3) is 5.41. The van der Waals surface area contributed by atoms with Crippen LogP contribution in [0.2, 0.25) is 0 Å². The standard InChI is InChI=1S/C24H20BrIN2O2/c1-15(2)28-24(29)19(13-27)10-16-11-21(25)23(22(26)12-16)30-14-18-8-5-7-17-6-3-4-9-20(17)18/h3-12,15H,14H2,1-2H3,(H,28,29)/b19-10-. The lowest BCUT2D eigenvalue weighted by atomic mass is 10.1. The second kappa shape index (κ2) is 10.1. The molecule has 3 rings (SSSR count). The van der Waals surface area contributed by atoms with Gasteiger partial charge >= 0.3 is 0 Å². The van der Waals surface area contributed by atoms with Gasteiger partial charge in [0.2, 0.25) is 0 Å². The minimum Gasteiger partial charge on any atom is -0.487 e. The fourth-order valence-corrected chi connectivity index (χ4v) is 4.79. The van der Waals surface area contributed by atoms with E-state index in [1.807, 2.05) is 50.2 Å². The van der Waals surface area contributed by atoms with E-state index in [2.05, 4.69) is 68.1 Å². The lowest BCUT2D eigenvalue weighted by Crippen LogP contribution is -2.30. The highest BCUT2D eigenvalue weighted by atomic mass is 127. The van der Waals surface area contributed by atoms with Crippen molar-refractivity contribution < 1.29 is 9.53 Å². The van der Waals surface area contributed by atoms with E-state index in [1.165, 1.54) is 10.8 Å². The molecule has 0 atom stereocenters. The first-order valence-corrected chi connectivity index (χ1v) is 11.3. The van der Waals surface area contributed by atoms with Crippen molar-refractivity contribution in [3.8, 4) is 11.8 Å². The van der Waals surface area contributed by atoms with E-state index >= 15 is 0 Å². The highest BCUT2D eigenvalue weighted by Gasteiger charge is 2.13. The lowest BCUT2D eigenvalue weighted by molar-refractivity contribution is -0.117. The number of carbonyl (C=O) groups excluding carboxylic acids is 1. The van der Waals surface area contributed by atoms with Gasteiger partial charge in [-0.1, -0.05) is 42.5 Å². The average Bonchev–Trinajstić information content (AvgIpc) is 2.71. The molecule has 3 aromatic rings. The van der Waals surface area contributed by atoms with Crippen LogP contribution in [0.15, 0.2) is 64.6 Å². The number of halogens is 2. The maximum Gasteiger partial charge on any atom is 0.262 e. The Labute approximate surface area is 198 Å². The van der Waals surface area contributed by atoms with Crippen molar-refractivity contribution >= 4 is 61.3 Å². The quantitative estimate of drug-likeness (QED) is 0.216. The minimum atomic E-state index is -0.380. The molecule has 0 fully saturated rings. The monoisotopic (exact) mass is 574 g/mol. The number of carbonyl (C=O) groups is 1. The van der Waals surface area contributed by atoms with Gasteiger partial charge < -0.3 is 10.1 Å². The second-order valence-corrected chi connectivity index (χ2v) is 9.06.